The van der Waals surface area contributed by atoms with Crippen LogP contribution in [0.25, 0.3) is 0 Å². The topological polar surface area (TPSA) is 28.7 Å². The molecule has 76 valence electrons. The van der Waals surface area contributed by atoms with E-state index in [-0.39, 0.29) is 0 Å². The molecule has 0 aromatic carbocycles. The molecule has 0 aliphatic carbocycles. The molecular formula is C10H14N2S2. The average molecular weight is 226 g/mol. The zero-order valence-corrected chi connectivity index (χ0v) is 10.1. The maximum absolute atomic E-state index is 5.27. The molecule has 0 bridgehead atoms. The van der Waals surface area contributed by atoms with E-state index in [1.165, 1.54) is 11.3 Å². The fourth-order valence-electron chi connectivity index (χ4n) is 1.61. The molecule has 0 atom stereocenters. The van der Waals surface area contributed by atoms with Gasteiger partial charge in [0.15, 0.2) is 0 Å². The van der Waals surface area contributed by atoms with E-state index < -0.39 is 0 Å². The first kappa shape index (κ1) is 10.2. The van der Waals surface area contributed by atoms with Gasteiger partial charge in [-0.05, 0) is 5.92 Å². The molecule has 0 spiro atoms. The number of thioether (sulfide) groups is 1. The Balaban J connectivity index is 2.37. The molecule has 2 rings (SSSR count). The van der Waals surface area contributed by atoms with E-state index in [4.69, 9.17) is 12.2 Å². The van der Waals surface area contributed by atoms with Crippen LogP contribution in [0.1, 0.15) is 30.9 Å². The van der Waals surface area contributed by atoms with Crippen LogP contribution in [0.15, 0.2) is 0 Å². The minimum atomic E-state index is 0.625. The zero-order valence-electron chi connectivity index (χ0n) is 8.46. The molecule has 2 heterocycles. The summed E-state index contributed by atoms with van der Waals surface area (Å²) >= 11 is 7.18. The summed E-state index contributed by atoms with van der Waals surface area (Å²) < 4.78 is 0.805. The van der Waals surface area contributed by atoms with Gasteiger partial charge in [0, 0.05) is 29.2 Å². The van der Waals surface area contributed by atoms with E-state index in [1.807, 2.05) is 11.8 Å². The van der Waals surface area contributed by atoms with Crippen LogP contribution in [-0.2, 0) is 17.9 Å². The van der Waals surface area contributed by atoms with Gasteiger partial charge in [-0.2, -0.15) is 11.8 Å². The first-order valence-corrected chi connectivity index (χ1v) is 6.42. The molecule has 1 N–H and O–H groups in total. The molecule has 0 radical (unpaired) electrons. The van der Waals surface area contributed by atoms with E-state index in [0.29, 0.717) is 5.92 Å². The highest BCUT2D eigenvalue weighted by molar-refractivity contribution is 7.98. The second-order valence-corrected chi connectivity index (χ2v) is 5.41. The second-order valence-electron chi connectivity index (χ2n) is 4.04. The van der Waals surface area contributed by atoms with E-state index in [2.05, 4.69) is 23.8 Å². The number of hydrogen-bond acceptors (Lipinski definition) is 3. The number of aromatic nitrogens is 2. The summed E-state index contributed by atoms with van der Waals surface area (Å²) in [5.41, 5.74) is 2.54. The van der Waals surface area contributed by atoms with Gasteiger partial charge in [-0.15, -0.1) is 0 Å². The highest BCUT2D eigenvalue weighted by Gasteiger charge is 2.15. The lowest BCUT2D eigenvalue weighted by Crippen LogP contribution is -2.04. The van der Waals surface area contributed by atoms with Gasteiger partial charge in [0.05, 0.1) is 0 Å². The van der Waals surface area contributed by atoms with Crippen molar-refractivity contribution in [2.45, 2.75) is 31.8 Å². The Labute approximate surface area is 93.5 Å². The van der Waals surface area contributed by atoms with Gasteiger partial charge in [0.25, 0.3) is 0 Å². The van der Waals surface area contributed by atoms with Crippen molar-refractivity contribution >= 4 is 24.0 Å². The minimum Gasteiger partial charge on any atom is -0.346 e. The summed E-state index contributed by atoms with van der Waals surface area (Å²) in [4.78, 5) is 7.83. The lowest BCUT2D eigenvalue weighted by Gasteiger charge is -2.06. The molecular weight excluding hydrogens is 212 g/mol. The Morgan fingerprint density at radius 3 is 3.00 bits per heavy atom. The van der Waals surface area contributed by atoms with Gasteiger partial charge in [-0.1, -0.05) is 26.1 Å². The highest BCUT2D eigenvalue weighted by atomic mass is 32.2. The van der Waals surface area contributed by atoms with Crippen molar-refractivity contribution < 1.29 is 0 Å². The molecule has 0 unspecified atom stereocenters. The summed E-state index contributed by atoms with van der Waals surface area (Å²) in [6.07, 6.45) is 0.988. The first-order chi connectivity index (χ1) is 6.66. The van der Waals surface area contributed by atoms with Crippen LogP contribution in [0.3, 0.4) is 0 Å². The molecule has 0 amide bonds. The fourth-order valence-corrected chi connectivity index (χ4v) is 3.07. The minimum absolute atomic E-state index is 0.625. The number of rotatable bonds is 2. The maximum atomic E-state index is 5.27. The third-order valence-electron chi connectivity index (χ3n) is 2.25. The molecule has 14 heavy (non-hydrogen) atoms. The van der Waals surface area contributed by atoms with Crippen molar-refractivity contribution in [2.24, 2.45) is 5.92 Å². The Bertz CT molecular complexity index is 396. The largest absolute Gasteiger partial charge is 0.346 e. The third kappa shape index (κ3) is 2.01. The highest BCUT2D eigenvalue weighted by Crippen LogP contribution is 2.28. The third-order valence-corrected chi connectivity index (χ3v) is 3.57. The van der Waals surface area contributed by atoms with E-state index in [0.717, 1.165) is 28.4 Å². The van der Waals surface area contributed by atoms with Gasteiger partial charge >= 0.3 is 0 Å². The average Bonchev–Trinajstić information content (AvgIpc) is 2.50. The predicted octanol–water partition coefficient (Wildman–Crippen LogP) is 3.08. The predicted molar refractivity (Wildman–Crippen MR) is 63.0 cm³/mol. The lowest BCUT2D eigenvalue weighted by molar-refractivity contribution is 0.617. The molecule has 1 aliphatic heterocycles. The Morgan fingerprint density at radius 1 is 1.50 bits per heavy atom. The molecule has 0 saturated heterocycles. The van der Waals surface area contributed by atoms with Crippen molar-refractivity contribution in [3.05, 3.63) is 21.7 Å². The van der Waals surface area contributed by atoms with Crippen LogP contribution in [-0.4, -0.2) is 9.97 Å². The van der Waals surface area contributed by atoms with Gasteiger partial charge < -0.3 is 4.98 Å². The Kier molecular flexibility index (Phi) is 2.93. The first-order valence-electron chi connectivity index (χ1n) is 4.85. The summed E-state index contributed by atoms with van der Waals surface area (Å²) in [6, 6.07) is 0. The number of H-pyrrole nitrogens is 1. The van der Waals surface area contributed by atoms with Crippen LogP contribution < -0.4 is 0 Å². The van der Waals surface area contributed by atoms with Crippen LogP contribution in [0.4, 0.5) is 0 Å². The van der Waals surface area contributed by atoms with E-state index in [1.54, 1.807) is 0 Å². The molecule has 1 aliphatic rings. The van der Waals surface area contributed by atoms with Gasteiger partial charge in [0.1, 0.15) is 10.5 Å². The number of hydrogen-bond donors (Lipinski definition) is 1. The van der Waals surface area contributed by atoms with E-state index >= 15 is 0 Å². The smallest absolute Gasteiger partial charge is 0.134 e. The summed E-state index contributed by atoms with van der Waals surface area (Å²) in [6.45, 7) is 4.39. The van der Waals surface area contributed by atoms with E-state index in [9.17, 15) is 0 Å². The van der Waals surface area contributed by atoms with Crippen molar-refractivity contribution in [1.82, 2.24) is 9.97 Å². The number of nitrogens with one attached hydrogen (secondary N) is 1. The SMILES string of the molecule is CC(C)Cc1nc(=S)c2c([nH]1)CSC2. The molecule has 0 saturated carbocycles. The van der Waals surface area contributed by atoms with Crippen LogP contribution >= 0.6 is 24.0 Å². The standard InChI is InChI=1S/C10H14N2S2/c1-6(2)3-9-11-8-5-14-4-7(8)10(13)12-9/h6H,3-5H2,1-2H3,(H,11,12,13). The van der Waals surface area contributed by atoms with Crippen LogP contribution in [0.5, 0.6) is 0 Å². The fraction of sp³-hybridized carbons (Fsp3) is 0.600. The zero-order chi connectivity index (χ0) is 10.1. The summed E-state index contributed by atoms with van der Waals surface area (Å²) in [7, 11) is 0. The van der Waals surface area contributed by atoms with Crippen molar-refractivity contribution in [1.29, 1.82) is 0 Å². The Morgan fingerprint density at radius 2 is 2.29 bits per heavy atom. The number of nitrogens with zero attached hydrogens (tertiary/aromatic N) is 1. The monoisotopic (exact) mass is 226 g/mol. The molecule has 1 aromatic rings. The molecule has 2 nitrogen and oxygen atoms in total. The molecule has 0 fully saturated rings. The van der Waals surface area contributed by atoms with Crippen molar-refractivity contribution in [3.63, 3.8) is 0 Å². The Hall–Kier alpha value is -0.350. The molecule has 1 aromatic heterocycles. The maximum Gasteiger partial charge on any atom is 0.134 e. The number of aromatic amines is 1. The van der Waals surface area contributed by atoms with Gasteiger partial charge in [-0.3, -0.25) is 0 Å². The second kappa shape index (κ2) is 4.03. The van der Waals surface area contributed by atoms with Crippen molar-refractivity contribution in [3.8, 4) is 0 Å². The quantitative estimate of drug-likeness (QED) is 0.786. The molecule has 4 heteroatoms. The number of fused-ring (bicyclic) bond motifs is 1. The van der Waals surface area contributed by atoms with Crippen LogP contribution in [0.2, 0.25) is 0 Å². The summed E-state index contributed by atoms with van der Waals surface area (Å²) in [5.74, 6) is 3.76. The van der Waals surface area contributed by atoms with Crippen LogP contribution in [0, 0.1) is 10.6 Å². The lowest BCUT2D eigenvalue weighted by atomic mass is 10.1. The summed E-state index contributed by atoms with van der Waals surface area (Å²) in [5, 5.41) is 0. The van der Waals surface area contributed by atoms with Crippen molar-refractivity contribution in [2.75, 3.05) is 0 Å². The normalized spacial score (nSPS) is 14.8. The van der Waals surface area contributed by atoms with Gasteiger partial charge in [-0.25, -0.2) is 4.98 Å². The van der Waals surface area contributed by atoms with Gasteiger partial charge in [0.2, 0.25) is 0 Å².